The molecule has 1 atom stereocenters. The molecular formula is C15H23FN2. The molecule has 1 aromatic carbocycles. The number of para-hydroxylation sites is 1. The first kappa shape index (κ1) is 13.3. The Morgan fingerprint density at radius 2 is 2.06 bits per heavy atom. The largest absolute Gasteiger partial charge is 0.366 e. The van der Waals surface area contributed by atoms with Gasteiger partial charge in [0.2, 0.25) is 0 Å². The highest BCUT2D eigenvalue weighted by molar-refractivity contribution is 5.57. The summed E-state index contributed by atoms with van der Waals surface area (Å²) in [7, 11) is 0. The molecule has 0 radical (unpaired) electrons. The Balaban J connectivity index is 2.40. The smallest absolute Gasteiger partial charge is 0.146 e. The van der Waals surface area contributed by atoms with E-state index >= 15 is 0 Å². The van der Waals surface area contributed by atoms with Crippen LogP contribution in [0.1, 0.15) is 51.1 Å². The fraction of sp³-hybridized carbons (Fsp3) is 0.600. The number of halogens is 1. The highest BCUT2D eigenvalue weighted by Crippen LogP contribution is 2.34. The van der Waals surface area contributed by atoms with Crippen LogP contribution in [-0.4, -0.2) is 12.6 Å². The van der Waals surface area contributed by atoms with Crippen molar-refractivity contribution >= 4 is 5.69 Å². The molecule has 18 heavy (non-hydrogen) atoms. The summed E-state index contributed by atoms with van der Waals surface area (Å²) in [6.07, 6.45) is 4.84. The number of hydrogen-bond acceptors (Lipinski definition) is 2. The Morgan fingerprint density at radius 1 is 1.39 bits per heavy atom. The first-order valence-corrected chi connectivity index (χ1v) is 6.95. The highest BCUT2D eigenvalue weighted by Gasteiger charge is 2.26. The standard InChI is InChI=1S/C15H23FN2/c1-3-18(12-7-4-5-8-12)15-13(11(2)17)9-6-10-14(15)16/h6,9-12H,3-5,7-8,17H2,1-2H3/t11-/m0/s1. The van der Waals surface area contributed by atoms with E-state index < -0.39 is 0 Å². The lowest BCUT2D eigenvalue weighted by Gasteiger charge is -2.32. The molecule has 1 aromatic rings. The highest BCUT2D eigenvalue weighted by atomic mass is 19.1. The first-order valence-electron chi connectivity index (χ1n) is 6.95. The minimum absolute atomic E-state index is 0.133. The van der Waals surface area contributed by atoms with Crippen molar-refractivity contribution in [1.29, 1.82) is 0 Å². The third kappa shape index (κ3) is 2.51. The fourth-order valence-corrected chi connectivity index (χ4v) is 3.02. The van der Waals surface area contributed by atoms with Crippen LogP contribution in [0.5, 0.6) is 0 Å². The Labute approximate surface area is 109 Å². The normalized spacial score (nSPS) is 18.0. The van der Waals surface area contributed by atoms with Crippen LogP contribution in [0.25, 0.3) is 0 Å². The lowest BCUT2D eigenvalue weighted by molar-refractivity contribution is 0.571. The molecule has 3 heteroatoms. The van der Waals surface area contributed by atoms with E-state index in [0.717, 1.165) is 17.8 Å². The number of anilines is 1. The third-order valence-electron chi connectivity index (χ3n) is 3.90. The van der Waals surface area contributed by atoms with Gasteiger partial charge in [-0.1, -0.05) is 25.0 Å². The molecule has 0 heterocycles. The summed E-state index contributed by atoms with van der Waals surface area (Å²) in [5.74, 6) is -0.140. The Morgan fingerprint density at radius 3 is 2.61 bits per heavy atom. The van der Waals surface area contributed by atoms with Gasteiger partial charge in [0.15, 0.2) is 0 Å². The maximum absolute atomic E-state index is 14.2. The lowest BCUT2D eigenvalue weighted by atomic mass is 10.0. The van der Waals surface area contributed by atoms with Gasteiger partial charge in [-0.2, -0.15) is 0 Å². The minimum Gasteiger partial charge on any atom is -0.366 e. The Hall–Kier alpha value is -1.09. The molecule has 2 nitrogen and oxygen atoms in total. The van der Waals surface area contributed by atoms with Crippen LogP contribution < -0.4 is 10.6 Å². The summed E-state index contributed by atoms with van der Waals surface area (Å²) >= 11 is 0. The van der Waals surface area contributed by atoms with Crippen LogP contribution >= 0.6 is 0 Å². The zero-order valence-corrected chi connectivity index (χ0v) is 11.3. The summed E-state index contributed by atoms with van der Waals surface area (Å²) in [6, 6.07) is 5.58. The third-order valence-corrected chi connectivity index (χ3v) is 3.90. The van der Waals surface area contributed by atoms with Crippen LogP contribution in [0.15, 0.2) is 18.2 Å². The lowest BCUT2D eigenvalue weighted by Crippen LogP contribution is -2.35. The monoisotopic (exact) mass is 250 g/mol. The van der Waals surface area contributed by atoms with Gasteiger partial charge in [0.05, 0.1) is 5.69 Å². The molecular weight excluding hydrogens is 227 g/mol. The SMILES string of the molecule is CCN(c1c(F)cccc1[C@H](C)N)C1CCCC1. The van der Waals surface area contributed by atoms with Crippen molar-refractivity contribution in [2.45, 2.75) is 51.6 Å². The zero-order chi connectivity index (χ0) is 13.1. The number of benzene rings is 1. The van der Waals surface area contributed by atoms with Gasteiger partial charge in [0.25, 0.3) is 0 Å². The van der Waals surface area contributed by atoms with E-state index in [1.165, 1.54) is 25.7 Å². The predicted octanol–water partition coefficient (Wildman–Crippen LogP) is 3.61. The van der Waals surface area contributed by atoms with E-state index in [2.05, 4.69) is 11.8 Å². The Bertz CT molecular complexity index is 397. The maximum atomic E-state index is 14.2. The van der Waals surface area contributed by atoms with Crippen molar-refractivity contribution in [3.05, 3.63) is 29.6 Å². The summed E-state index contributed by atoms with van der Waals surface area (Å²) < 4.78 is 14.2. The molecule has 0 spiro atoms. The summed E-state index contributed by atoms with van der Waals surface area (Å²) in [4.78, 5) is 2.21. The number of nitrogens with zero attached hydrogens (tertiary/aromatic N) is 1. The van der Waals surface area contributed by atoms with Crippen LogP contribution in [0, 0.1) is 5.82 Å². The molecule has 1 saturated carbocycles. The maximum Gasteiger partial charge on any atom is 0.146 e. The van der Waals surface area contributed by atoms with Crippen molar-refractivity contribution in [3.63, 3.8) is 0 Å². The van der Waals surface area contributed by atoms with Gasteiger partial charge >= 0.3 is 0 Å². The Kier molecular flexibility index (Phi) is 4.23. The molecule has 0 saturated heterocycles. The average Bonchev–Trinajstić information content (AvgIpc) is 2.85. The van der Waals surface area contributed by atoms with Gasteiger partial charge < -0.3 is 10.6 Å². The number of rotatable bonds is 4. The number of hydrogen-bond donors (Lipinski definition) is 1. The van der Waals surface area contributed by atoms with Gasteiger partial charge in [0.1, 0.15) is 5.82 Å². The topological polar surface area (TPSA) is 29.3 Å². The van der Waals surface area contributed by atoms with Gasteiger partial charge in [0, 0.05) is 18.6 Å². The molecule has 2 N–H and O–H groups in total. The van der Waals surface area contributed by atoms with E-state index in [9.17, 15) is 4.39 Å². The molecule has 1 fully saturated rings. The van der Waals surface area contributed by atoms with Gasteiger partial charge in [-0.15, -0.1) is 0 Å². The molecule has 0 aliphatic heterocycles. The molecule has 1 aliphatic carbocycles. The van der Waals surface area contributed by atoms with Gasteiger partial charge in [-0.3, -0.25) is 0 Å². The molecule has 0 unspecified atom stereocenters. The molecule has 100 valence electrons. The van der Waals surface area contributed by atoms with Crippen molar-refractivity contribution in [2.75, 3.05) is 11.4 Å². The van der Waals surface area contributed by atoms with Crippen LogP contribution in [-0.2, 0) is 0 Å². The minimum atomic E-state index is -0.140. The van der Waals surface area contributed by atoms with Crippen LogP contribution in [0.2, 0.25) is 0 Å². The van der Waals surface area contributed by atoms with E-state index in [4.69, 9.17) is 5.73 Å². The first-order chi connectivity index (χ1) is 8.65. The van der Waals surface area contributed by atoms with Crippen LogP contribution in [0.3, 0.4) is 0 Å². The van der Waals surface area contributed by atoms with Gasteiger partial charge in [-0.05, 0) is 38.3 Å². The van der Waals surface area contributed by atoms with Crippen LogP contribution in [0.4, 0.5) is 10.1 Å². The summed E-state index contributed by atoms with van der Waals surface area (Å²) in [5, 5.41) is 0. The molecule has 0 bridgehead atoms. The average molecular weight is 250 g/mol. The second-order valence-electron chi connectivity index (χ2n) is 5.19. The zero-order valence-electron chi connectivity index (χ0n) is 11.3. The predicted molar refractivity (Wildman–Crippen MR) is 74.3 cm³/mol. The van der Waals surface area contributed by atoms with Crippen molar-refractivity contribution in [2.24, 2.45) is 5.73 Å². The molecule has 1 aliphatic rings. The van der Waals surface area contributed by atoms with Gasteiger partial charge in [-0.25, -0.2) is 4.39 Å². The summed E-state index contributed by atoms with van der Waals surface area (Å²) in [6.45, 7) is 4.85. The van der Waals surface area contributed by atoms with Crippen molar-refractivity contribution in [1.82, 2.24) is 0 Å². The van der Waals surface area contributed by atoms with E-state index in [0.29, 0.717) is 6.04 Å². The number of nitrogens with two attached hydrogens (primary N) is 1. The second-order valence-corrected chi connectivity index (χ2v) is 5.19. The molecule has 2 rings (SSSR count). The quantitative estimate of drug-likeness (QED) is 0.884. The van der Waals surface area contributed by atoms with E-state index in [-0.39, 0.29) is 11.9 Å². The molecule has 0 amide bonds. The van der Waals surface area contributed by atoms with Crippen molar-refractivity contribution < 1.29 is 4.39 Å². The van der Waals surface area contributed by atoms with E-state index in [1.807, 2.05) is 13.0 Å². The second kappa shape index (κ2) is 5.70. The van der Waals surface area contributed by atoms with Crippen molar-refractivity contribution in [3.8, 4) is 0 Å². The molecule has 0 aromatic heterocycles. The fourth-order valence-electron chi connectivity index (χ4n) is 3.02. The summed E-state index contributed by atoms with van der Waals surface area (Å²) in [5.41, 5.74) is 7.63. The van der Waals surface area contributed by atoms with E-state index in [1.54, 1.807) is 12.1 Å².